The van der Waals surface area contributed by atoms with Crippen molar-refractivity contribution in [2.45, 2.75) is 59.8 Å². The van der Waals surface area contributed by atoms with Crippen LogP contribution in [0.1, 0.15) is 59.2 Å². The zero-order chi connectivity index (χ0) is 12.4. The molecule has 90 valence electrons. The molecular weight excluding hydrogens is 196 g/mol. The lowest BCUT2D eigenvalue weighted by Crippen LogP contribution is -2.15. The molecule has 0 amide bonds. The van der Waals surface area contributed by atoms with Crippen molar-refractivity contribution in [3.05, 3.63) is 23.5 Å². The summed E-state index contributed by atoms with van der Waals surface area (Å²) in [5.74, 6) is 0. The van der Waals surface area contributed by atoms with Gasteiger partial charge in [0.15, 0.2) is 0 Å². The highest BCUT2D eigenvalue weighted by Crippen LogP contribution is 2.23. The fourth-order valence-electron chi connectivity index (χ4n) is 1.43. The van der Waals surface area contributed by atoms with E-state index in [-0.39, 0.29) is 5.41 Å². The molecule has 0 aliphatic carbocycles. The average molecular weight is 220 g/mol. The third-order valence-corrected chi connectivity index (χ3v) is 2.64. The van der Waals surface area contributed by atoms with Crippen LogP contribution in [-0.4, -0.2) is 10.2 Å². The van der Waals surface area contributed by atoms with Crippen molar-refractivity contribution in [2.24, 2.45) is 5.41 Å². The van der Waals surface area contributed by atoms with Crippen LogP contribution >= 0.6 is 0 Å². The van der Waals surface area contributed by atoms with Gasteiger partial charge in [0.1, 0.15) is 0 Å². The van der Waals surface area contributed by atoms with Crippen molar-refractivity contribution in [1.29, 1.82) is 0 Å². The molecule has 2 heteroatoms. The SMILES string of the molecule is CC(C)(C)CCc1cnnc(C(C)(C)C)c1. The van der Waals surface area contributed by atoms with Gasteiger partial charge in [0, 0.05) is 5.41 Å². The van der Waals surface area contributed by atoms with Gasteiger partial charge in [0.2, 0.25) is 0 Å². The third kappa shape index (κ3) is 4.30. The van der Waals surface area contributed by atoms with Crippen LogP contribution in [0.5, 0.6) is 0 Å². The third-order valence-electron chi connectivity index (χ3n) is 2.64. The second-order valence-electron chi connectivity index (χ2n) is 6.76. The topological polar surface area (TPSA) is 25.8 Å². The van der Waals surface area contributed by atoms with Crippen molar-refractivity contribution in [1.82, 2.24) is 10.2 Å². The number of aryl methyl sites for hydroxylation is 1. The zero-order valence-electron chi connectivity index (χ0n) is 11.5. The van der Waals surface area contributed by atoms with E-state index in [2.05, 4.69) is 57.8 Å². The standard InChI is InChI=1S/C14H24N2/c1-13(2,3)8-7-11-9-12(14(4,5)6)16-15-10-11/h9-10H,7-8H2,1-6H3. The summed E-state index contributed by atoms with van der Waals surface area (Å²) >= 11 is 0. The highest BCUT2D eigenvalue weighted by Gasteiger charge is 2.17. The molecule has 0 aliphatic rings. The first kappa shape index (κ1) is 13.1. The van der Waals surface area contributed by atoms with Crippen molar-refractivity contribution in [2.75, 3.05) is 0 Å². The van der Waals surface area contributed by atoms with E-state index >= 15 is 0 Å². The molecular formula is C14H24N2. The van der Waals surface area contributed by atoms with E-state index in [1.165, 1.54) is 12.0 Å². The summed E-state index contributed by atoms with van der Waals surface area (Å²) in [7, 11) is 0. The number of hydrogen-bond donors (Lipinski definition) is 0. The number of nitrogens with zero attached hydrogens (tertiary/aromatic N) is 2. The minimum absolute atomic E-state index is 0.0880. The molecule has 1 rings (SSSR count). The molecule has 0 bridgehead atoms. The Morgan fingerprint density at radius 1 is 1.06 bits per heavy atom. The maximum Gasteiger partial charge on any atom is 0.0687 e. The van der Waals surface area contributed by atoms with Crippen molar-refractivity contribution in [3.63, 3.8) is 0 Å². The maximum atomic E-state index is 4.21. The molecule has 1 heterocycles. The largest absolute Gasteiger partial charge is 0.159 e. The van der Waals surface area contributed by atoms with Gasteiger partial charge >= 0.3 is 0 Å². The fraction of sp³-hybridized carbons (Fsp3) is 0.714. The van der Waals surface area contributed by atoms with Gasteiger partial charge in [-0.25, -0.2) is 0 Å². The van der Waals surface area contributed by atoms with Crippen LogP contribution in [-0.2, 0) is 11.8 Å². The van der Waals surface area contributed by atoms with E-state index in [0.29, 0.717) is 5.41 Å². The first-order valence-electron chi connectivity index (χ1n) is 6.00. The molecule has 0 spiro atoms. The fourth-order valence-corrected chi connectivity index (χ4v) is 1.43. The summed E-state index contributed by atoms with van der Waals surface area (Å²) in [4.78, 5) is 0. The monoisotopic (exact) mass is 220 g/mol. The number of rotatable bonds is 2. The second kappa shape index (κ2) is 4.52. The molecule has 0 saturated carbocycles. The molecule has 0 unspecified atom stereocenters. The van der Waals surface area contributed by atoms with Crippen molar-refractivity contribution < 1.29 is 0 Å². The van der Waals surface area contributed by atoms with Crippen molar-refractivity contribution in [3.8, 4) is 0 Å². The van der Waals surface area contributed by atoms with Crippen LogP contribution in [0.4, 0.5) is 0 Å². The van der Waals surface area contributed by atoms with Gasteiger partial charge in [-0.05, 0) is 29.9 Å². The summed E-state index contributed by atoms with van der Waals surface area (Å²) in [5.41, 5.74) is 2.85. The highest BCUT2D eigenvalue weighted by molar-refractivity contribution is 5.18. The van der Waals surface area contributed by atoms with Crippen LogP contribution < -0.4 is 0 Å². The van der Waals surface area contributed by atoms with Crippen LogP contribution in [0, 0.1) is 5.41 Å². The lowest BCUT2D eigenvalue weighted by Gasteiger charge is -2.19. The Hall–Kier alpha value is -0.920. The van der Waals surface area contributed by atoms with Crippen LogP contribution in [0.15, 0.2) is 12.3 Å². The summed E-state index contributed by atoms with van der Waals surface area (Å²) in [6.07, 6.45) is 4.16. The minimum atomic E-state index is 0.0880. The molecule has 0 saturated heterocycles. The van der Waals surface area contributed by atoms with Gasteiger partial charge in [-0.3, -0.25) is 0 Å². The van der Waals surface area contributed by atoms with Gasteiger partial charge in [-0.1, -0.05) is 41.5 Å². The smallest absolute Gasteiger partial charge is 0.0687 e. The van der Waals surface area contributed by atoms with Gasteiger partial charge in [0.05, 0.1) is 11.9 Å². The first-order chi connectivity index (χ1) is 7.18. The lowest BCUT2D eigenvalue weighted by molar-refractivity contribution is 0.377. The van der Waals surface area contributed by atoms with E-state index in [9.17, 15) is 0 Å². The predicted octanol–water partition coefficient (Wildman–Crippen LogP) is 3.75. The minimum Gasteiger partial charge on any atom is -0.159 e. The van der Waals surface area contributed by atoms with E-state index < -0.39 is 0 Å². The van der Waals surface area contributed by atoms with Crippen molar-refractivity contribution >= 4 is 0 Å². The number of aromatic nitrogens is 2. The Morgan fingerprint density at radius 2 is 1.69 bits per heavy atom. The zero-order valence-corrected chi connectivity index (χ0v) is 11.5. The first-order valence-corrected chi connectivity index (χ1v) is 6.00. The summed E-state index contributed by atoms with van der Waals surface area (Å²) < 4.78 is 0. The molecule has 0 fully saturated rings. The van der Waals surface area contributed by atoms with Crippen LogP contribution in [0.2, 0.25) is 0 Å². The Balaban J connectivity index is 2.76. The van der Waals surface area contributed by atoms with Gasteiger partial charge < -0.3 is 0 Å². The van der Waals surface area contributed by atoms with Crippen LogP contribution in [0.25, 0.3) is 0 Å². The molecule has 0 N–H and O–H groups in total. The molecule has 0 aliphatic heterocycles. The normalized spacial score (nSPS) is 12.9. The Kier molecular flexibility index (Phi) is 3.72. The van der Waals surface area contributed by atoms with Gasteiger partial charge in [0.25, 0.3) is 0 Å². The molecule has 1 aromatic heterocycles. The summed E-state index contributed by atoms with van der Waals surface area (Å²) in [6.45, 7) is 13.3. The average Bonchev–Trinajstić information content (AvgIpc) is 2.13. The van der Waals surface area contributed by atoms with E-state index in [1.54, 1.807) is 0 Å². The lowest BCUT2D eigenvalue weighted by atomic mass is 9.87. The van der Waals surface area contributed by atoms with E-state index in [4.69, 9.17) is 0 Å². The van der Waals surface area contributed by atoms with E-state index in [1.807, 2.05) is 6.20 Å². The number of hydrogen-bond acceptors (Lipinski definition) is 2. The molecule has 1 aromatic rings. The van der Waals surface area contributed by atoms with Gasteiger partial charge in [-0.2, -0.15) is 10.2 Å². The Labute approximate surface area is 99.5 Å². The summed E-state index contributed by atoms with van der Waals surface area (Å²) in [5, 5.41) is 8.31. The molecule has 16 heavy (non-hydrogen) atoms. The molecule has 0 radical (unpaired) electrons. The highest BCUT2D eigenvalue weighted by atomic mass is 15.1. The second-order valence-corrected chi connectivity index (χ2v) is 6.76. The van der Waals surface area contributed by atoms with E-state index in [0.717, 1.165) is 12.1 Å². The van der Waals surface area contributed by atoms with Gasteiger partial charge in [-0.15, -0.1) is 0 Å². The maximum absolute atomic E-state index is 4.21. The quantitative estimate of drug-likeness (QED) is 0.758. The predicted molar refractivity (Wildman–Crippen MR) is 68.5 cm³/mol. The molecule has 0 atom stereocenters. The Morgan fingerprint density at radius 3 is 2.19 bits per heavy atom. The molecule has 2 nitrogen and oxygen atoms in total. The van der Waals surface area contributed by atoms with Crippen LogP contribution in [0.3, 0.4) is 0 Å². The summed E-state index contributed by atoms with van der Waals surface area (Å²) in [6, 6.07) is 2.19. The molecule has 0 aromatic carbocycles. The Bertz CT molecular complexity index is 342.